The molecule has 3 aliphatic carbocycles. The molecule has 2 atom stereocenters. The number of hydrogen-bond acceptors (Lipinski definition) is 3. The van der Waals surface area contributed by atoms with Crippen LogP contribution in [0, 0.1) is 11.8 Å². The number of hydrogen-bond donors (Lipinski definition) is 1. The van der Waals surface area contributed by atoms with E-state index in [0.29, 0.717) is 10.2 Å². The van der Waals surface area contributed by atoms with Crippen LogP contribution in [-0.4, -0.2) is 16.9 Å². The van der Waals surface area contributed by atoms with E-state index in [1.165, 1.54) is 4.90 Å². The summed E-state index contributed by atoms with van der Waals surface area (Å²) in [5.41, 5.74) is 2.28. The molecule has 1 saturated heterocycles. The summed E-state index contributed by atoms with van der Waals surface area (Å²) in [4.78, 5) is 28.7. The van der Waals surface area contributed by atoms with Crippen LogP contribution in [0.15, 0.2) is 75.7 Å². The molecular formula is C24H15Br2NO3. The first-order valence-corrected chi connectivity index (χ1v) is 11.3. The highest BCUT2D eigenvalue weighted by Gasteiger charge is 2.68. The molecule has 1 aliphatic heterocycles. The van der Waals surface area contributed by atoms with Crippen molar-refractivity contribution in [3.63, 3.8) is 0 Å². The second-order valence-corrected chi connectivity index (χ2v) is 9.80. The third-order valence-electron chi connectivity index (χ3n) is 6.72. The van der Waals surface area contributed by atoms with E-state index in [9.17, 15) is 14.7 Å². The highest BCUT2D eigenvalue weighted by molar-refractivity contribution is 9.11. The molecule has 2 amide bonds. The SMILES string of the molecule is O=C1[C@@H]2C3c4ccccc4C(O)(c4ccccc43)[C@@H]2C(=O)N1c1ccc(Br)cc1Br. The summed E-state index contributed by atoms with van der Waals surface area (Å²) >= 11 is 6.90. The quantitative estimate of drug-likeness (QED) is 0.469. The topological polar surface area (TPSA) is 57.6 Å². The van der Waals surface area contributed by atoms with E-state index in [-0.39, 0.29) is 17.7 Å². The van der Waals surface area contributed by atoms with Crippen LogP contribution in [0.2, 0.25) is 0 Å². The van der Waals surface area contributed by atoms with Crippen LogP contribution in [0.5, 0.6) is 0 Å². The predicted molar refractivity (Wildman–Crippen MR) is 119 cm³/mol. The summed E-state index contributed by atoms with van der Waals surface area (Å²) in [6.07, 6.45) is 0. The van der Waals surface area contributed by atoms with Crippen LogP contribution in [0.3, 0.4) is 0 Å². The van der Waals surface area contributed by atoms with Crippen molar-refractivity contribution < 1.29 is 14.7 Å². The first-order valence-electron chi connectivity index (χ1n) is 9.68. The number of halogens is 2. The number of amides is 2. The van der Waals surface area contributed by atoms with Gasteiger partial charge in [-0.25, -0.2) is 4.90 Å². The maximum atomic E-state index is 13.7. The maximum absolute atomic E-state index is 13.7. The highest BCUT2D eigenvalue weighted by Crippen LogP contribution is 2.63. The minimum Gasteiger partial charge on any atom is -0.379 e. The van der Waals surface area contributed by atoms with Gasteiger partial charge >= 0.3 is 0 Å². The van der Waals surface area contributed by atoms with E-state index >= 15 is 0 Å². The first kappa shape index (κ1) is 18.5. The van der Waals surface area contributed by atoms with Crippen molar-refractivity contribution in [3.05, 3.63) is 97.9 Å². The molecule has 1 fully saturated rings. The van der Waals surface area contributed by atoms with Crippen molar-refractivity contribution >= 4 is 49.4 Å². The zero-order chi connectivity index (χ0) is 20.8. The monoisotopic (exact) mass is 523 g/mol. The van der Waals surface area contributed by atoms with Crippen LogP contribution >= 0.6 is 31.9 Å². The Kier molecular flexibility index (Phi) is 3.77. The third kappa shape index (κ3) is 2.09. The van der Waals surface area contributed by atoms with Crippen LogP contribution < -0.4 is 4.90 Å². The number of anilines is 1. The second kappa shape index (κ2) is 6.13. The van der Waals surface area contributed by atoms with Gasteiger partial charge in [-0.15, -0.1) is 0 Å². The van der Waals surface area contributed by atoms with Gasteiger partial charge in [-0.05, 0) is 56.4 Å². The molecule has 30 heavy (non-hydrogen) atoms. The average molecular weight is 525 g/mol. The molecule has 148 valence electrons. The van der Waals surface area contributed by atoms with E-state index in [4.69, 9.17) is 0 Å². The van der Waals surface area contributed by atoms with Gasteiger partial charge in [0.05, 0.1) is 17.5 Å². The fourth-order valence-corrected chi connectivity index (χ4v) is 6.86. The van der Waals surface area contributed by atoms with E-state index in [2.05, 4.69) is 31.9 Å². The Morgan fingerprint density at radius 1 is 0.833 bits per heavy atom. The number of aliphatic hydroxyl groups is 1. The zero-order valence-corrected chi connectivity index (χ0v) is 18.7. The van der Waals surface area contributed by atoms with Gasteiger partial charge in [0.1, 0.15) is 5.60 Å². The Balaban J connectivity index is 1.62. The van der Waals surface area contributed by atoms with Crippen LogP contribution in [-0.2, 0) is 15.2 Å². The molecular weight excluding hydrogens is 510 g/mol. The number of carbonyl (C=O) groups excluding carboxylic acids is 2. The molecule has 1 N–H and O–H groups in total. The Hall–Kier alpha value is -2.28. The van der Waals surface area contributed by atoms with Crippen LogP contribution in [0.4, 0.5) is 5.69 Å². The Labute approximate surface area is 189 Å². The molecule has 4 nitrogen and oxygen atoms in total. The predicted octanol–water partition coefficient (Wildman–Crippen LogP) is 4.71. The van der Waals surface area contributed by atoms with E-state index < -0.39 is 17.4 Å². The van der Waals surface area contributed by atoms with Gasteiger partial charge in [-0.2, -0.15) is 0 Å². The average Bonchev–Trinajstić information content (AvgIpc) is 3.01. The van der Waals surface area contributed by atoms with Crippen molar-refractivity contribution in [2.24, 2.45) is 11.8 Å². The van der Waals surface area contributed by atoms with Crippen molar-refractivity contribution in [3.8, 4) is 0 Å². The molecule has 7 rings (SSSR count). The molecule has 2 bridgehead atoms. The van der Waals surface area contributed by atoms with Crippen molar-refractivity contribution in [1.82, 2.24) is 0 Å². The standard InChI is InChI=1S/C24H15Br2NO3/c25-12-9-10-18(17(26)11-12)27-22(28)20-19-13-5-1-3-7-15(13)24(30,21(20)23(27)29)16-8-4-2-6-14(16)19/h1-11,19-21,30H/t19?,20-,21+,24?/m1/s1. The number of carbonyl (C=O) groups is 2. The fourth-order valence-electron chi connectivity index (χ4n) is 5.63. The molecule has 4 aliphatic rings. The summed E-state index contributed by atoms with van der Waals surface area (Å²) in [6, 6.07) is 20.6. The molecule has 0 aromatic heterocycles. The lowest BCUT2D eigenvalue weighted by Gasteiger charge is -2.51. The van der Waals surface area contributed by atoms with Crippen molar-refractivity contribution in [1.29, 1.82) is 0 Å². The largest absolute Gasteiger partial charge is 0.379 e. The molecule has 0 unspecified atom stereocenters. The Morgan fingerprint density at radius 3 is 2.03 bits per heavy atom. The number of imide groups is 1. The van der Waals surface area contributed by atoms with Crippen molar-refractivity contribution in [2.45, 2.75) is 11.5 Å². The van der Waals surface area contributed by atoms with Gasteiger partial charge in [0, 0.05) is 14.9 Å². The van der Waals surface area contributed by atoms with Gasteiger partial charge < -0.3 is 5.11 Å². The van der Waals surface area contributed by atoms with Gasteiger partial charge in [0.2, 0.25) is 11.8 Å². The molecule has 1 heterocycles. The lowest BCUT2D eigenvalue weighted by atomic mass is 9.52. The molecule has 3 aromatic rings. The Bertz CT molecular complexity index is 1220. The number of benzene rings is 3. The zero-order valence-electron chi connectivity index (χ0n) is 15.5. The first-order chi connectivity index (χ1) is 14.4. The normalized spacial score (nSPS) is 28.4. The molecule has 6 heteroatoms. The third-order valence-corrected chi connectivity index (χ3v) is 7.85. The molecule has 0 saturated carbocycles. The van der Waals surface area contributed by atoms with Crippen molar-refractivity contribution in [2.75, 3.05) is 4.90 Å². The number of rotatable bonds is 1. The minimum absolute atomic E-state index is 0.257. The van der Waals surface area contributed by atoms with Crippen LogP contribution in [0.25, 0.3) is 0 Å². The fraction of sp³-hybridized carbons (Fsp3) is 0.167. The van der Waals surface area contributed by atoms with Gasteiger partial charge in [-0.3, -0.25) is 9.59 Å². The summed E-state index contributed by atoms with van der Waals surface area (Å²) < 4.78 is 1.49. The summed E-state index contributed by atoms with van der Waals surface area (Å²) in [6.45, 7) is 0. The minimum atomic E-state index is -1.53. The van der Waals surface area contributed by atoms with Gasteiger partial charge in [-0.1, -0.05) is 64.5 Å². The van der Waals surface area contributed by atoms with Gasteiger partial charge in [0.15, 0.2) is 0 Å². The van der Waals surface area contributed by atoms with Crippen LogP contribution in [0.1, 0.15) is 28.2 Å². The molecule has 0 spiro atoms. The lowest BCUT2D eigenvalue weighted by Crippen LogP contribution is -2.53. The lowest BCUT2D eigenvalue weighted by molar-refractivity contribution is -0.133. The smallest absolute Gasteiger partial charge is 0.241 e. The highest BCUT2D eigenvalue weighted by atomic mass is 79.9. The summed E-state index contributed by atoms with van der Waals surface area (Å²) in [7, 11) is 0. The van der Waals surface area contributed by atoms with E-state index in [0.717, 1.165) is 26.7 Å². The van der Waals surface area contributed by atoms with E-state index in [1.807, 2.05) is 54.6 Å². The molecule has 3 aromatic carbocycles. The maximum Gasteiger partial charge on any atom is 0.241 e. The summed E-state index contributed by atoms with van der Waals surface area (Å²) in [5, 5.41) is 12.1. The summed E-state index contributed by atoms with van der Waals surface area (Å²) in [5.74, 6) is -2.37. The number of nitrogens with zero attached hydrogens (tertiary/aromatic N) is 1. The molecule has 0 radical (unpaired) electrons. The second-order valence-electron chi connectivity index (χ2n) is 8.03. The van der Waals surface area contributed by atoms with E-state index in [1.54, 1.807) is 12.1 Å². The Morgan fingerprint density at radius 2 is 1.43 bits per heavy atom. The van der Waals surface area contributed by atoms with Gasteiger partial charge in [0.25, 0.3) is 0 Å².